The third-order valence-corrected chi connectivity index (χ3v) is 12.4. The van der Waals surface area contributed by atoms with Gasteiger partial charge in [-0.15, -0.1) is 0 Å². The van der Waals surface area contributed by atoms with Crippen LogP contribution >= 0.6 is 0 Å². The van der Waals surface area contributed by atoms with Gasteiger partial charge in [0.15, 0.2) is 0 Å². The standard InChI is InChI=1S/C30H52O4/c1-25(2)19-11-17-29(7)20(19)12-18-30(8,34-29)21(25)9-10-22-27(5)15-13-23(31)26(3,4)33-24(27)14-16-28(22,6)32/h19-24,31-32H,9-18H2,1-8H3/t19-,20-,21-,22-,23-,24?,27-,28+,29-,30+/m1/s1. The van der Waals surface area contributed by atoms with Gasteiger partial charge in [-0.2, -0.15) is 0 Å². The van der Waals surface area contributed by atoms with E-state index in [1.165, 1.54) is 25.7 Å². The van der Waals surface area contributed by atoms with Gasteiger partial charge in [0.1, 0.15) is 0 Å². The van der Waals surface area contributed by atoms with Gasteiger partial charge in [0.05, 0.1) is 34.6 Å². The number of aliphatic hydroxyl groups is 2. The van der Waals surface area contributed by atoms with Crippen molar-refractivity contribution in [2.24, 2.45) is 34.5 Å². The maximum atomic E-state index is 11.7. The van der Waals surface area contributed by atoms with E-state index in [9.17, 15) is 10.2 Å². The Hall–Kier alpha value is -0.160. The van der Waals surface area contributed by atoms with Crippen molar-refractivity contribution < 1.29 is 19.7 Å². The molecule has 0 aromatic rings. The fraction of sp³-hybridized carbons (Fsp3) is 1.00. The minimum absolute atomic E-state index is 0.0495. The van der Waals surface area contributed by atoms with Crippen LogP contribution in [0.4, 0.5) is 0 Å². The molecule has 4 heteroatoms. The van der Waals surface area contributed by atoms with Crippen LogP contribution in [0, 0.1) is 34.5 Å². The Labute approximate surface area is 208 Å². The number of rotatable bonds is 3. The lowest BCUT2D eigenvalue weighted by molar-refractivity contribution is -0.218. The molecule has 3 heterocycles. The second-order valence-electron chi connectivity index (χ2n) is 15.2. The number of fused-ring (bicyclic) bond motifs is 3. The summed E-state index contributed by atoms with van der Waals surface area (Å²) < 4.78 is 13.7. The van der Waals surface area contributed by atoms with Gasteiger partial charge in [-0.1, -0.05) is 20.8 Å². The molecule has 6 rings (SSSR count). The summed E-state index contributed by atoms with van der Waals surface area (Å²) in [7, 11) is 0. The first-order valence-corrected chi connectivity index (χ1v) is 14.3. The monoisotopic (exact) mass is 476 g/mol. The fourth-order valence-electron chi connectivity index (χ4n) is 10.4. The van der Waals surface area contributed by atoms with Crippen molar-refractivity contribution in [2.45, 2.75) is 154 Å². The lowest BCUT2D eigenvalue weighted by atomic mass is 9.54. The molecule has 3 saturated heterocycles. The zero-order chi connectivity index (χ0) is 24.9. The minimum Gasteiger partial charge on any atom is -0.390 e. The van der Waals surface area contributed by atoms with Crippen LogP contribution in [-0.4, -0.2) is 44.8 Å². The van der Waals surface area contributed by atoms with Gasteiger partial charge in [-0.05, 0) is 133 Å². The van der Waals surface area contributed by atoms with E-state index in [1.807, 2.05) is 13.8 Å². The van der Waals surface area contributed by atoms with E-state index in [1.54, 1.807) is 0 Å². The highest BCUT2D eigenvalue weighted by atomic mass is 16.5. The molecule has 196 valence electrons. The molecule has 6 aliphatic rings. The van der Waals surface area contributed by atoms with E-state index in [-0.39, 0.29) is 34.1 Å². The number of hydrogen-bond acceptors (Lipinski definition) is 4. The third-order valence-electron chi connectivity index (χ3n) is 12.4. The van der Waals surface area contributed by atoms with Crippen LogP contribution in [0.15, 0.2) is 0 Å². The summed E-state index contributed by atoms with van der Waals surface area (Å²) in [5.74, 6) is 2.08. The minimum atomic E-state index is -0.701. The SMILES string of the molecule is CC1(C)OC2CC[C@](C)(O)[C@H](CC[C@@H]3C(C)(C)[C@@H]4CC[C@@]5(C)O[C@@]3(C)CC[C@H]45)[C@@]2(C)CC[C@H]1O. The molecule has 1 unspecified atom stereocenters. The summed E-state index contributed by atoms with van der Waals surface area (Å²) in [6, 6.07) is 0. The van der Waals surface area contributed by atoms with E-state index in [0.29, 0.717) is 11.8 Å². The molecule has 4 nitrogen and oxygen atoms in total. The van der Waals surface area contributed by atoms with Crippen molar-refractivity contribution in [3.8, 4) is 0 Å². The van der Waals surface area contributed by atoms with Gasteiger partial charge in [0.2, 0.25) is 0 Å². The summed E-state index contributed by atoms with van der Waals surface area (Å²) >= 11 is 0. The first kappa shape index (κ1) is 25.5. The van der Waals surface area contributed by atoms with Crippen LogP contribution in [0.25, 0.3) is 0 Å². The molecule has 0 aromatic carbocycles. The van der Waals surface area contributed by atoms with Gasteiger partial charge in [0, 0.05) is 0 Å². The average Bonchev–Trinajstić information content (AvgIpc) is 2.97. The number of ether oxygens (including phenoxy) is 2. The molecular weight excluding hydrogens is 424 g/mol. The number of aliphatic hydroxyl groups excluding tert-OH is 1. The van der Waals surface area contributed by atoms with Gasteiger partial charge >= 0.3 is 0 Å². The maximum Gasteiger partial charge on any atom is 0.0888 e. The predicted octanol–water partition coefficient (Wildman–Crippen LogP) is 6.26. The largest absolute Gasteiger partial charge is 0.390 e. The molecule has 3 aliphatic carbocycles. The maximum absolute atomic E-state index is 11.7. The summed E-state index contributed by atoms with van der Waals surface area (Å²) in [5, 5.41) is 22.5. The van der Waals surface area contributed by atoms with Crippen LogP contribution in [-0.2, 0) is 9.47 Å². The quantitative estimate of drug-likeness (QED) is 0.504. The molecule has 0 radical (unpaired) electrons. The van der Waals surface area contributed by atoms with Crippen molar-refractivity contribution in [3.63, 3.8) is 0 Å². The molecule has 3 saturated carbocycles. The summed E-state index contributed by atoms with van der Waals surface area (Å²) in [6.07, 6.45) is 10.00. The molecule has 10 atom stereocenters. The third kappa shape index (κ3) is 3.59. The van der Waals surface area contributed by atoms with Crippen molar-refractivity contribution in [3.05, 3.63) is 0 Å². The number of hydrogen-bond donors (Lipinski definition) is 2. The fourth-order valence-corrected chi connectivity index (χ4v) is 10.4. The molecule has 0 amide bonds. The van der Waals surface area contributed by atoms with Crippen LogP contribution in [0.3, 0.4) is 0 Å². The van der Waals surface area contributed by atoms with Crippen molar-refractivity contribution in [1.82, 2.24) is 0 Å². The highest BCUT2D eigenvalue weighted by Crippen LogP contribution is 2.66. The molecule has 6 fully saturated rings. The van der Waals surface area contributed by atoms with Crippen molar-refractivity contribution >= 4 is 0 Å². The summed E-state index contributed by atoms with van der Waals surface area (Å²) in [5.41, 5.74) is -1.15. The molecule has 2 N–H and O–H groups in total. The van der Waals surface area contributed by atoms with Crippen molar-refractivity contribution in [2.75, 3.05) is 0 Å². The Morgan fingerprint density at radius 2 is 1.32 bits per heavy atom. The summed E-state index contributed by atoms with van der Waals surface area (Å²) in [6.45, 7) is 18.3. The van der Waals surface area contributed by atoms with Crippen LogP contribution in [0.5, 0.6) is 0 Å². The predicted molar refractivity (Wildman–Crippen MR) is 135 cm³/mol. The van der Waals surface area contributed by atoms with Gasteiger partial charge in [-0.3, -0.25) is 0 Å². The van der Waals surface area contributed by atoms with Crippen LogP contribution in [0.1, 0.15) is 120 Å². The normalized spacial score (nSPS) is 55.9. The highest BCUT2D eigenvalue weighted by molar-refractivity contribution is 5.14. The van der Waals surface area contributed by atoms with Crippen molar-refractivity contribution in [1.29, 1.82) is 0 Å². The van der Waals surface area contributed by atoms with Gasteiger partial charge in [-0.25, -0.2) is 0 Å². The van der Waals surface area contributed by atoms with E-state index < -0.39 is 17.3 Å². The van der Waals surface area contributed by atoms with E-state index >= 15 is 0 Å². The lowest BCUT2D eigenvalue weighted by Crippen LogP contribution is -2.57. The van der Waals surface area contributed by atoms with Crippen LogP contribution < -0.4 is 0 Å². The Balaban J connectivity index is 1.44. The summed E-state index contributed by atoms with van der Waals surface area (Å²) in [4.78, 5) is 0. The van der Waals surface area contributed by atoms with E-state index in [2.05, 4.69) is 41.5 Å². The van der Waals surface area contributed by atoms with E-state index in [0.717, 1.165) is 44.4 Å². The second kappa shape index (κ2) is 7.68. The second-order valence-corrected chi connectivity index (χ2v) is 15.2. The molecule has 4 bridgehead atoms. The first-order valence-electron chi connectivity index (χ1n) is 14.3. The zero-order valence-electron chi connectivity index (χ0n) is 23.2. The smallest absolute Gasteiger partial charge is 0.0888 e. The Morgan fingerprint density at radius 3 is 2.03 bits per heavy atom. The molecule has 0 aromatic heterocycles. The first-order chi connectivity index (χ1) is 15.6. The topological polar surface area (TPSA) is 58.9 Å². The highest BCUT2D eigenvalue weighted by Gasteiger charge is 2.65. The zero-order valence-corrected chi connectivity index (χ0v) is 23.2. The van der Waals surface area contributed by atoms with Gasteiger partial charge < -0.3 is 19.7 Å². The van der Waals surface area contributed by atoms with Gasteiger partial charge in [0.25, 0.3) is 0 Å². The Kier molecular flexibility index (Phi) is 5.76. The van der Waals surface area contributed by atoms with Crippen LogP contribution in [0.2, 0.25) is 0 Å². The Bertz CT molecular complexity index is 799. The average molecular weight is 477 g/mol. The van der Waals surface area contributed by atoms with E-state index in [4.69, 9.17) is 9.47 Å². The Morgan fingerprint density at radius 1 is 0.706 bits per heavy atom. The molecular formula is C30H52O4. The molecule has 3 aliphatic heterocycles. The molecule has 34 heavy (non-hydrogen) atoms. The molecule has 0 spiro atoms. The lowest BCUT2D eigenvalue weighted by Gasteiger charge is -2.55.